The van der Waals surface area contributed by atoms with E-state index < -0.39 is 11.9 Å². The summed E-state index contributed by atoms with van der Waals surface area (Å²) in [6.45, 7) is 2.60. The summed E-state index contributed by atoms with van der Waals surface area (Å²) in [5, 5.41) is 11.8. The Kier molecular flexibility index (Phi) is 6.06. The molecule has 2 N–H and O–H groups in total. The summed E-state index contributed by atoms with van der Waals surface area (Å²) < 4.78 is 5.45. The molecule has 0 atom stereocenters. The molecule has 0 aliphatic carbocycles. The number of halogens is 2. The highest BCUT2D eigenvalue weighted by molar-refractivity contribution is 6.38. The van der Waals surface area contributed by atoms with Crippen molar-refractivity contribution in [2.45, 2.75) is 13.3 Å². The quantitative estimate of drug-likeness (QED) is 0.773. The number of aromatic carboxylic acids is 1. The fourth-order valence-electron chi connectivity index (χ4n) is 1.93. The van der Waals surface area contributed by atoms with E-state index in [4.69, 9.17) is 33.0 Å². The Labute approximate surface area is 149 Å². The van der Waals surface area contributed by atoms with E-state index >= 15 is 0 Å². The molecule has 0 aliphatic rings. The number of hydrogen-bond donors (Lipinski definition) is 2. The fourth-order valence-corrected chi connectivity index (χ4v) is 2.44. The lowest BCUT2D eigenvalue weighted by atomic mass is 10.1. The molecule has 2 rings (SSSR count). The summed E-state index contributed by atoms with van der Waals surface area (Å²) in [5.41, 5.74) is 0.427. The van der Waals surface area contributed by atoms with E-state index in [1.165, 1.54) is 12.1 Å². The molecule has 2 aromatic carbocycles. The van der Waals surface area contributed by atoms with Gasteiger partial charge in [-0.15, -0.1) is 0 Å². The van der Waals surface area contributed by atoms with E-state index in [0.717, 1.165) is 6.42 Å². The van der Waals surface area contributed by atoms with Crippen LogP contribution in [0.1, 0.15) is 34.1 Å². The summed E-state index contributed by atoms with van der Waals surface area (Å²) in [6.07, 6.45) is 0.892. The van der Waals surface area contributed by atoms with Gasteiger partial charge in [0.25, 0.3) is 5.91 Å². The summed E-state index contributed by atoms with van der Waals surface area (Å²) in [5.74, 6) is -0.951. The van der Waals surface area contributed by atoms with Crippen LogP contribution < -0.4 is 10.1 Å². The van der Waals surface area contributed by atoms with Crippen LogP contribution in [0, 0.1) is 0 Å². The normalized spacial score (nSPS) is 10.3. The molecule has 7 heteroatoms. The van der Waals surface area contributed by atoms with Gasteiger partial charge in [0.15, 0.2) is 0 Å². The number of carboxylic acid groups (broad SMARTS) is 1. The number of anilines is 1. The molecule has 0 heterocycles. The molecule has 0 fully saturated rings. The number of ether oxygens (including phenoxy) is 1. The van der Waals surface area contributed by atoms with Crippen molar-refractivity contribution in [3.8, 4) is 5.75 Å². The fraction of sp³-hybridized carbons (Fsp3) is 0.176. The van der Waals surface area contributed by atoms with Gasteiger partial charge in [-0.25, -0.2) is 4.79 Å². The van der Waals surface area contributed by atoms with E-state index in [0.29, 0.717) is 17.9 Å². The standard InChI is InChI=1S/C17H15Cl2NO4/c1-2-7-24-11-5-3-10(4-6-11)16(21)20-15-8-12(17(22)23)13(18)9-14(15)19/h3-6,8-9H,2,7H2,1H3,(H,20,21)(H,22,23). The van der Waals surface area contributed by atoms with Crippen molar-refractivity contribution in [3.63, 3.8) is 0 Å². The largest absolute Gasteiger partial charge is 0.494 e. The summed E-state index contributed by atoms with van der Waals surface area (Å²) in [4.78, 5) is 23.4. The Hall–Kier alpha value is -2.24. The summed E-state index contributed by atoms with van der Waals surface area (Å²) in [6, 6.07) is 9.12. The third-order valence-corrected chi connectivity index (χ3v) is 3.75. The molecule has 126 valence electrons. The van der Waals surface area contributed by atoms with Gasteiger partial charge >= 0.3 is 5.97 Å². The van der Waals surface area contributed by atoms with E-state index in [9.17, 15) is 9.59 Å². The monoisotopic (exact) mass is 367 g/mol. The minimum absolute atomic E-state index is 0.00271. The molecule has 0 saturated heterocycles. The number of hydrogen-bond acceptors (Lipinski definition) is 3. The lowest BCUT2D eigenvalue weighted by molar-refractivity contribution is 0.0696. The minimum Gasteiger partial charge on any atom is -0.494 e. The lowest BCUT2D eigenvalue weighted by Gasteiger charge is -2.10. The maximum Gasteiger partial charge on any atom is 0.337 e. The zero-order valence-electron chi connectivity index (χ0n) is 12.8. The number of benzene rings is 2. The van der Waals surface area contributed by atoms with E-state index in [1.807, 2.05) is 6.92 Å². The van der Waals surface area contributed by atoms with Crippen LogP contribution >= 0.6 is 23.2 Å². The molecule has 0 saturated carbocycles. The van der Waals surface area contributed by atoms with Crippen molar-refractivity contribution in [2.24, 2.45) is 0 Å². The Morgan fingerprint density at radius 2 is 1.79 bits per heavy atom. The molecule has 24 heavy (non-hydrogen) atoms. The van der Waals surface area contributed by atoms with Crippen molar-refractivity contribution in [2.75, 3.05) is 11.9 Å². The Balaban J connectivity index is 2.17. The van der Waals surface area contributed by atoms with Crippen LogP contribution in [0.5, 0.6) is 5.75 Å². The molecule has 0 radical (unpaired) electrons. The van der Waals surface area contributed by atoms with E-state index in [1.54, 1.807) is 24.3 Å². The first-order valence-electron chi connectivity index (χ1n) is 7.19. The smallest absolute Gasteiger partial charge is 0.337 e. The average Bonchev–Trinajstić information content (AvgIpc) is 2.55. The second-order valence-corrected chi connectivity index (χ2v) is 5.76. The first-order chi connectivity index (χ1) is 11.4. The first-order valence-corrected chi connectivity index (χ1v) is 7.94. The van der Waals surface area contributed by atoms with Gasteiger partial charge in [0.2, 0.25) is 0 Å². The number of nitrogens with one attached hydrogen (secondary N) is 1. The molecule has 0 bridgehead atoms. The van der Waals surface area contributed by atoms with Gasteiger partial charge in [-0.05, 0) is 42.8 Å². The number of carbonyl (C=O) groups excluding carboxylic acids is 1. The maximum atomic E-state index is 12.3. The van der Waals surface area contributed by atoms with Gasteiger partial charge in [-0.2, -0.15) is 0 Å². The van der Waals surface area contributed by atoms with Crippen molar-refractivity contribution in [1.82, 2.24) is 0 Å². The molecule has 0 unspecified atom stereocenters. The zero-order chi connectivity index (χ0) is 17.7. The van der Waals surface area contributed by atoms with Crippen LogP contribution in [0.15, 0.2) is 36.4 Å². The average molecular weight is 368 g/mol. The molecule has 0 aromatic heterocycles. The molecular formula is C17H15Cl2NO4. The SMILES string of the molecule is CCCOc1ccc(C(=O)Nc2cc(C(=O)O)c(Cl)cc2Cl)cc1. The van der Waals surface area contributed by atoms with E-state index in [2.05, 4.69) is 5.32 Å². The maximum absolute atomic E-state index is 12.3. The highest BCUT2D eigenvalue weighted by Gasteiger charge is 2.15. The predicted molar refractivity (Wildman–Crippen MR) is 93.6 cm³/mol. The lowest BCUT2D eigenvalue weighted by Crippen LogP contribution is -2.13. The third-order valence-electron chi connectivity index (χ3n) is 3.12. The highest BCUT2D eigenvalue weighted by Crippen LogP contribution is 2.29. The van der Waals surface area contributed by atoms with Gasteiger partial charge in [-0.1, -0.05) is 30.1 Å². The number of carboxylic acids is 1. The van der Waals surface area contributed by atoms with Crippen LogP contribution in [0.25, 0.3) is 0 Å². The van der Waals surface area contributed by atoms with Crippen molar-refractivity contribution in [3.05, 3.63) is 57.6 Å². The van der Waals surface area contributed by atoms with E-state index in [-0.39, 0.29) is 21.3 Å². The van der Waals surface area contributed by atoms with Crippen LogP contribution in [0.4, 0.5) is 5.69 Å². The molecule has 0 spiro atoms. The van der Waals surface area contributed by atoms with Crippen LogP contribution in [-0.2, 0) is 0 Å². The molecule has 1 amide bonds. The van der Waals surface area contributed by atoms with Crippen molar-refractivity contribution in [1.29, 1.82) is 0 Å². The Bertz CT molecular complexity index is 760. The molecule has 0 aliphatic heterocycles. The topological polar surface area (TPSA) is 75.6 Å². The number of rotatable bonds is 6. The summed E-state index contributed by atoms with van der Waals surface area (Å²) in [7, 11) is 0. The molecular weight excluding hydrogens is 353 g/mol. The minimum atomic E-state index is -1.20. The Morgan fingerprint density at radius 1 is 1.12 bits per heavy atom. The molecule has 2 aromatic rings. The van der Waals surface area contributed by atoms with Gasteiger partial charge < -0.3 is 15.2 Å². The van der Waals surface area contributed by atoms with Gasteiger partial charge in [0.1, 0.15) is 5.75 Å². The highest BCUT2D eigenvalue weighted by atomic mass is 35.5. The molecule has 5 nitrogen and oxygen atoms in total. The third kappa shape index (κ3) is 4.40. The van der Waals surface area contributed by atoms with Crippen LogP contribution in [0.2, 0.25) is 10.0 Å². The summed E-state index contributed by atoms with van der Waals surface area (Å²) >= 11 is 11.8. The number of carbonyl (C=O) groups is 2. The van der Waals surface area contributed by atoms with Gasteiger partial charge in [-0.3, -0.25) is 4.79 Å². The first kappa shape index (κ1) is 18.1. The predicted octanol–water partition coefficient (Wildman–Crippen LogP) is 4.73. The number of amides is 1. The van der Waals surface area contributed by atoms with Crippen LogP contribution in [-0.4, -0.2) is 23.6 Å². The Morgan fingerprint density at radius 3 is 2.38 bits per heavy atom. The van der Waals surface area contributed by atoms with Gasteiger partial charge in [0, 0.05) is 5.56 Å². The van der Waals surface area contributed by atoms with Crippen molar-refractivity contribution < 1.29 is 19.4 Å². The zero-order valence-corrected chi connectivity index (χ0v) is 14.3. The van der Waals surface area contributed by atoms with Crippen LogP contribution in [0.3, 0.4) is 0 Å². The van der Waals surface area contributed by atoms with Gasteiger partial charge in [0.05, 0.1) is 27.9 Å². The second kappa shape index (κ2) is 8.04. The van der Waals surface area contributed by atoms with Crippen molar-refractivity contribution >= 4 is 40.8 Å². The second-order valence-electron chi connectivity index (χ2n) is 4.94.